The molecule has 1 aromatic carbocycles. The van der Waals surface area contributed by atoms with E-state index in [4.69, 9.17) is 21.1 Å². The summed E-state index contributed by atoms with van der Waals surface area (Å²) in [5.74, 6) is 2.39. The van der Waals surface area contributed by atoms with Gasteiger partial charge in [-0.2, -0.15) is 5.10 Å². The molecule has 3 aliphatic rings. The molecule has 2 unspecified atom stereocenters. The highest BCUT2D eigenvalue weighted by atomic mass is 16.6. The SMILES string of the molecule is [C-]#[N+]c1c(-c2ccc(OC3CC4CC4C3)cc2)nn(C2CCC(NC(=O)OC(C)(C)C)CC2)c1C(C)=O. The predicted octanol–water partition coefficient (Wildman–Crippen LogP) is 6.49. The lowest BCUT2D eigenvalue weighted by molar-refractivity contribution is 0.0487. The Morgan fingerprint density at radius 1 is 1.05 bits per heavy atom. The molecule has 3 aliphatic carbocycles. The van der Waals surface area contributed by atoms with E-state index in [9.17, 15) is 9.59 Å². The van der Waals surface area contributed by atoms with Crippen LogP contribution in [0.25, 0.3) is 16.1 Å². The van der Waals surface area contributed by atoms with Crippen molar-refractivity contribution in [2.24, 2.45) is 11.8 Å². The van der Waals surface area contributed by atoms with Gasteiger partial charge in [-0.25, -0.2) is 9.64 Å². The van der Waals surface area contributed by atoms with Crippen LogP contribution in [0, 0.1) is 18.4 Å². The highest BCUT2D eigenvalue weighted by Crippen LogP contribution is 2.52. The maximum Gasteiger partial charge on any atom is 0.407 e. The first-order valence-corrected chi connectivity index (χ1v) is 13.4. The lowest BCUT2D eigenvalue weighted by Gasteiger charge is -2.31. The van der Waals surface area contributed by atoms with Crippen molar-refractivity contribution < 1.29 is 19.1 Å². The highest BCUT2D eigenvalue weighted by Gasteiger charge is 2.46. The van der Waals surface area contributed by atoms with E-state index in [-0.39, 0.29) is 17.9 Å². The Labute approximate surface area is 218 Å². The van der Waals surface area contributed by atoms with Crippen LogP contribution in [-0.2, 0) is 4.74 Å². The topological polar surface area (TPSA) is 86.8 Å². The van der Waals surface area contributed by atoms with Crippen LogP contribution in [-0.4, -0.2) is 39.4 Å². The highest BCUT2D eigenvalue weighted by molar-refractivity contribution is 6.01. The number of rotatable bonds is 6. The van der Waals surface area contributed by atoms with Crippen LogP contribution in [0.15, 0.2) is 24.3 Å². The summed E-state index contributed by atoms with van der Waals surface area (Å²) in [5.41, 5.74) is 1.45. The van der Waals surface area contributed by atoms with Gasteiger partial charge in [0.05, 0.1) is 24.4 Å². The number of benzene rings is 1. The van der Waals surface area contributed by atoms with Gasteiger partial charge in [-0.05, 0) is 102 Å². The van der Waals surface area contributed by atoms with Crippen molar-refractivity contribution in [2.75, 3.05) is 0 Å². The molecule has 2 atom stereocenters. The van der Waals surface area contributed by atoms with Gasteiger partial charge >= 0.3 is 6.09 Å². The summed E-state index contributed by atoms with van der Waals surface area (Å²) in [7, 11) is 0. The first kappa shape index (κ1) is 25.3. The smallest absolute Gasteiger partial charge is 0.407 e. The van der Waals surface area contributed by atoms with E-state index in [1.807, 2.05) is 45.0 Å². The van der Waals surface area contributed by atoms with Gasteiger partial charge in [0.2, 0.25) is 5.69 Å². The van der Waals surface area contributed by atoms with E-state index in [0.717, 1.165) is 61.7 Å². The van der Waals surface area contributed by atoms with Crippen molar-refractivity contribution in [1.82, 2.24) is 15.1 Å². The third-order valence-corrected chi connectivity index (χ3v) is 7.72. The number of ether oxygens (including phenoxy) is 2. The molecule has 1 aromatic heterocycles. The van der Waals surface area contributed by atoms with Gasteiger partial charge < -0.3 is 14.8 Å². The Morgan fingerprint density at radius 2 is 1.70 bits per heavy atom. The van der Waals surface area contributed by atoms with Crippen molar-refractivity contribution in [3.05, 3.63) is 41.4 Å². The number of hydrogen-bond donors (Lipinski definition) is 1. The van der Waals surface area contributed by atoms with E-state index >= 15 is 0 Å². The van der Waals surface area contributed by atoms with Gasteiger partial charge in [-0.1, -0.05) is 12.1 Å². The summed E-state index contributed by atoms with van der Waals surface area (Å²) in [6.07, 6.45) is 6.54. The molecule has 0 spiro atoms. The zero-order chi connectivity index (χ0) is 26.3. The molecule has 1 amide bonds. The van der Waals surface area contributed by atoms with Crippen LogP contribution in [0.4, 0.5) is 10.5 Å². The molecule has 196 valence electrons. The zero-order valence-electron chi connectivity index (χ0n) is 22.1. The molecule has 5 rings (SSSR count). The van der Waals surface area contributed by atoms with Gasteiger partial charge in [0.1, 0.15) is 17.0 Å². The standard InChI is InChI=1S/C29H36N4O4/c1-17(34)27-26(30-5)25(18-6-12-23(13-7-18)36-24-15-19-14-20(19)16-24)32-33(27)22-10-8-21(9-11-22)31-28(35)37-29(2,3)4/h6-7,12-13,19-22,24H,8-11,14-16H2,1-4H3,(H,31,35). The molecule has 37 heavy (non-hydrogen) atoms. The van der Waals surface area contributed by atoms with Crippen molar-refractivity contribution in [3.8, 4) is 17.0 Å². The Morgan fingerprint density at radius 3 is 2.27 bits per heavy atom. The van der Waals surface area contributed by atoms with E-state index in [0.29, 0.717) is 23.2 Å². The van der Waals surface area contributed by atoms with E-state index in [1.54, 1.807) is 4.68 Å². The van der Waals surface area contributed by atoms with Crippen LogP contribution in [0.5, 0.6) is 5.75 Å². The summed E-state index contributed by atoms with van der Waals surface area (Å²) in [6.45, 7) is 14.8. The number of nitrogens with zero attached hydrogens (tertiary/aromatic N) is 3. The molecular formula is C29H36N4O4. The molecule has 0 radical (unpaired) electrons. The second-order valence-corrected chi connectivity index (χ2v) is 11.8. The molecule has 8 nitrogen and oxygen atoms in total. The average molecular weight is 505 g/mol. The summed E-state index contributed by atoms with van der Waals surface area (Å²) < 4.78 is 13.3. The summed E-state index contributed by atoms with van der Waals surface area (Å²) in [6, 6.07) is 7.73. The van der Waals surface area contributed by atoms with Crippen molar-refractivity contribution in [3.63, 3.8) is 0 Å². The van der Waals surface area contributed by atoms with Gasteiger partial charge in [0, 0.05) is 6.04 Å². The minimum absolute atomic E-state index is 0.0127. The second-order valence-electron chi connectivity index (χ2n) is 11.8. The van der Waals surface area contributed by atoms with Gasteiger partial charge in [-0.15, -0.1) is 0 Å². The number of aromatic nitrogens is 2. The molecule has 3 fully saturated rings. The fourth-order valence-corrected chi connectivity index (χ4v) is 5.90. The molecule has 2 aromatic rings. The molecule has 0 aliphatic heterocycles. The van der Waals surface area contributed by atoms with E-state index in [2.05, 4.69) is 10.2 Å². The van der Waals surface area contributed by atoms with Crippen LogP contribution < -0.4 is 10.1 Å². The number of nitrogens with one attached hydrogen (secondary N) is 1. The number of carbonyl (C=O) groups excluding carboxylic acids is 2. The van der Waals surface area contributed by atoms with Crippen molar-refractivity contribution in [2.45, 2.75) is 96.4 Å². The largest absolute Gasteiger partial charge is 0.490 e. The van der Waals surface area contributed by atoms with Crippen molar-refractivity contribution >= 4 is 17.6 Å². The Bertz CT molecular complexity index is 1200. The predicted molar refractivity (Wildman–Crippen MR) is 140 cm³/mol. The Balaban J connectivity index is 1.29. The third kappa shape index (κ3) is 5.66. The maximum absolute atomic E-state index is 12.7. The molecule has 0 saturated heterocycles. The van der Waals surface area contributed by atoms with Gasteiger partial charge in [0.25, 0.3) is 0 Å². The fourth-order valence-electron chi connectivity index (χ4n) is 5.90. The normalized spacial score (nSPS) is 26.6. The molecule has 8 heteroatoms. The van der Waals surface area contributed by atoms with Gasteiger partial charge in [0.15, 0.2) is 5.78 Å². The maximum atomic E-state index is 12.7. The minimum Gasteiger partial charge on any atom is -0.490 e. The number of hydrogen-bond acceptors (Lipinski definition) is 5. The van der Waals surface area contributed by atoms with E-state index < -0.39 is 11.7 Å². The molecule has 1 N–H and O–H groups in total. The average Bonchev–Trinajstić information content (AvgIpc) is 3.26. The number of fused-ring (bicyclic) bond motifs is 1. The number of Topliss-reactive ketones (excluding diaryl/α,β-unsaturated/α-hetero) is 1. The summed E-state index contributed by atoms with van der Waals surface area (Å²) >= 11 is 0. The lowest BCUT2D eigenvalue weighted by Crippen LogP contribution is -2.41. The Kier molecular flexibility index (Phi) is 6.74. The van der Waals surface area contributed by atoms with Crippen LogP contribution in [0.2, 0.25) is 0 Å². The number of carbonyl (C=O) groups is 2. The molecule has 1 heterocycles. The van der Waals surface area contributed by atoms with E-state index in [1.165, 1.54) is 13.3 Å². The van der Waals surface area contributed by atoms with Crippen LogP contribution in [0.3, 0.4) is 0 Å². The minimum atomic E-state index is -0.541. The molecular weight excluding hydrogens is 468 g/mol. The number of ketones is 1. The van der Waals surface area contributed by atoms with Gasteiger partial charge in [-0.3, -0.25) is 9.48 Å². The number of amides is 1. The third-order valence-electron chi connectivity index (χ3n) is 7.72. The Hall–Kier alpha value is -3.34. The first-order chi connectivity index (χ1) is 17.6. The second kappa shape index (κ2) is 9.85. The first-order valence-electron chi connectivity index (χ1n) is 13.4. The molecule has 0 bridgehead atoms. The van der Waals surface area contributed by atoms with Crippen LogP contribution in [0.1, 0.15) is 89.2 Å². The monoisotopic (exact) mass is 504 g/mol. The summed E-state index contributed by atoms with van der Waals surface area (Å²) in [5, 5.41) is 7.76. The quantitative estimate of drug-likeness (QED) is 0.359. The summed E-state index contributed by atoms with van der Waals surface area (Å²) in [4.78, 5) is 28.6. The molecule has 3 saturated carbocycles. The number of alkyl carbamates (subject to hydrolysis) is 1. The van der Waals surface area contributed by atoms with Crippen LogP contribution >= 0.6 is 0 Å². The fraction of sp³-hybridized carbons (Fsp3) is 0.586. The van der Waals surface area contributed by atoms with Crippen molar-refractivity contribution in [1.29, 1.82) is 0 Å². The zero-order valence-corrected chi connectivity index (χ0v) is 22.1. The lowest BCUT2D eigenvalue weighted by atomic mass is 9.91.